The smallest absolute Gasteiger partial charge is 0.322 e. The molecule has 0 radical (unpaired) electrons. The summed E-state index contributed by atoms with van der Waals surface area (Å²) < 4.78 is 49.1. The zero-order valence-corrected chi connectivity index (χ0v) is 20.5. The van der Waals surface area contributed by atoms with Gasteiger partial charge in [-0.1, -0.05) is 5.10 Å². The summed E-state index contributed by atoms with van der Waals surface area (Å²) in [6.45, 7) is 4.21. The summed E-state index contributed by atoms with van der Waals surface area (Å²) in [7, 11) is -0.665. The quantitative estimate of drug-likeness (QED) is 0.518. The molecule has 2 heterocycles. The van der Waals surface area contributed by atoms with E-state index in [9.17, 15) is 13.2 Å². The van der Waals surface area contributed by atoms with E-state index >= 15 is 0 Å². The molecule has 1 fully saturated rings. The molecule has 1 N–H and O–H groups in total. The first-order chi connectivity index (χ1) is 16.7. The Bertz CT molecular complexity index is 1300. The van der Waals surface area contributed by atoms with Gasteiger partial charge in [0, 0.05) is 24.7 Å². The molecule has 1 aromatic heterocycles. The van der Waals surface area contributed by atoms with Gasteiger partial charge in [0.1, 0.15) is 11.5 Å². The van der Waals surface area contributed by atoms with Crippen molar-refractivity contribution in [1.82, 2.24) is 14.5 Å². The van der Waals surface area contributed by atoms with Crippen molar-refractivity contribution >= 4 is 21.9 Å². The number of benzene rings is 2. The van der Waals surface area contributed by atoms with Crippen LogP contribution in [0.2, 0.25) is 0 Å². The van der Waals surface area contributed by atoms with Crippen LogP contribution in [0.4, 0.5) is 6.01 Å². The van der Waals surface area contributed by atoms with E-state index in [2.05, 4.69) is 15.5 Å². The van der Waals surface area contributed by atoms with E-state index in [1.807, 2.05) is 13.8 Å². The molecule has 186 valence electrons. The van der Waals surface area contributed by atoms with Gasteiger partial charge in [0.25, 0.3) is 11.8 Å². The first-order valence-corrected chi connectivity index (χ1v) is 12.3. The highest BCUT2D eigenvalue weighted by Gasteiger charge is 2.32. The first-order valence-electron chi connectivity index (χ1n) is 10.8. The number of anilines is 1. The van der Waals surface area contributed by atoms with Gasteiger partial charge >= 0.3 is 6.01 Å². The van der Waals surface area contributed by atoms with Crippen molar-refractivity contribution in [3.8, 4) is 23.0 Å². The Labute approximate surface area is 203 Å². The molecule has 0 aliphatic carbocycles. The summed E-state index contributed by atoms with van der Waals surface area (Å²) in [5.41, 5.74) is 0.761. The number of amides is 1. The van der Waals surface area contributed by atoms with Crippen molar-refractivity contribution in [2.24, 2.45) is 0 Å². The number of aromatic nitrogens is 2. The standard InChI is InChI=1S/C23H26N4O7S/c1-14-12-27(13-15(2)33-14)35(29,30)18-8-5-16(6-9-18)21(28)24-23-26-25-22(34-23)19-10-7-17(31-3)11-20(19)32-4/h5-11,14-15H,12-13H2,1-4H3,(H,24,26,28)/t14-,15+. The molecular weight excluding hydrogens is 476 g/mol. The average Bonchev–Trinajstić information content (AvgIpc) is 3.31. The molecule has 0 unspecified atom stereocenters. The summed E-state index contributed by atoms with van der Waals surface area (Å²) in [4.78, 5) is 12.8. The zero-order chi connectivity index (χ0) is 25.2. The highest BCUT2D eigenvalue weighted by atomic mass is 32.2. The van der Waals surface area contributed by atoms with E-state index in [1.54, 1.807) is 25.3 Å². The Kier molecular flexibility index (Phi) is 7.05. The molecule has 11 nitrogen and oxygen atoms in total. The van der Waals surface area contributed by atoms with Crippen LogP contribution in [0.15, 0.2) is 51.8 Å². The van der Waals surface area contributed by atoms with E-state index in [4.69, 9.17) is 18.6 Å². The maximum Gasteiger partial charge on any atom is 0.322 e. The Morgan fingerprint density at radius 1 is 1.03 bits per heavy atom. The van der Waals surface area contributed by atoms with Gasteiger partial charge in [0.2, 0.25) is 10.0 Å². The van der Waals surface area contributed by atoms with Crippen LogP contribution in [-0.2, 0) is 14.8 Å². The molecule has 0 spiro atoms. The number of ether oxygens (including phenoxy) is 3. The number of carbonyl (C=O) groups excluding carboxylic acids is 1. The first kappa shape index (κ1) is 24.6. The number of sulfonamides is 1. The summed E-state index contributed by atoms with van der Waals surface area (Å²) in [6, 6.07) is 10.6. The number of morpholine rings is 1. The van der Waals surface area contributed by atoms with Crippen LogP contribution in [0.1, 0.15) is 24.2 Å². The molecule has 35 heavy (non-hydrogen) atoms. The van der Waals surface area contributed by atoms with Gasteiger partial charge in [-0.3, -0.25) is 10.1 Å². The largest absolute Gasteiger partial charge is 0.497 e. The van der Waals surface area contributed by atoms with Gasteiger partial charge < -0.3 is 18.6 Å². The lowest BCUT2D eigenvalue weighted by atomic mass is 10.2. The Morgan fingerprint density at radius 2 is 1.71 bits per heavy atom. The molecule has 1 saturated heterocycles. The minimum atomic E-state index is -3.71. The highest BCUT2D eigenvalue weighted by molar-refractivity contribution is 7.89. The Morgan fingerprint density at radius 3 is 2.34 bits per heavy atom. The van der Waals surface area contributed by atoms with E-state index < -0.39 is 15.9 Å². The lowest BCUT2D eigenvalue weighted by Gasteiger charge is -2.34. The van der Waals surface area contributed by atoms with Crippen molar-refractivity contribution in [2.45, 2.75) is 31.0 Å². The van der Waals surface area contributed by atoms with Crippen LogP contribution in [0, 0.1) is 0 Å². The number of hydrogen-bond acceptors (Lipinski definition) is 9. The number of nitrogens with one attached hydrogen (secondary N) is 1. The van der Waals surface area contributed by atoms with Crippen molar-refractivity contribution in [3.63, 3.8) is 0 Å². The minimum Gasteiger partial charge on any atom is -0.497 e. The van der Waals surface area contributed by atoms with E-state index in [0.717, 1.165) is 0 Å². The molecule has 2 aromatic carbocycles. The van der Waals surface area contributed by atoms with Crippen LogP contribution >= 0.6 is 0 Å². The third-order valence-corrected chi connectivity index (χ3v) is 7.27. The molecule has 3 aromatic rings. The van der Waals surface area contributed by atoms with Gasteiger partial charge in [-0.15, -0.1) is 5.10 Å². The lowest BCUT2D eigenvalue weighted by molar-refractivity contribution is -0.0440. The summed E-state index contributed by atoms with van der Waals surface area (Å²) in [6.07, 6.45) is -0.397. The number of nitrogens with zero attached hydrogens (tertiary/aromatic N) is 3. The third kappa shape index (κ3) is 5.29. The van der Waals surface area contributed by atoms with Crippen LogP contribution in [0.25, 0.3) is 11.5 Å². The van der Waals surface area contributed by atoms with Crippen molar-refractivity contribution < 1.29 is 31.8 Å². The van der Waals surface area contributed by atoms with Crippen molar-refractivity contribution in [2.75, 3.05) is 32.6 Å². The predicted octanol–water partition coefficient (Wildman–Crippen LogP) is 2.80. The topological polar surface area (TPSA) is 133 Å². The Hall–Kier alpha value is -3.48. The van der Waals surface area contributed by atoms with E-state index in [-0.39, 0.29) is 47.7 Å². The monoisotopic (exact) mass is 502 g/mol. The average molecular weight is 503 g/mol. The molecule has 0 saturated carbocycles. The second-order valence-electron chi connectivity index (χ2n) is 8.04. The fourth-order valence-electron chi connectivity index (χ4n) is 3.78. The predicted molar refractivity (Wildman–Crippen MR) is 126 cm³/mol. The van der Waals surface area contributed by atoms with Gasteiger partial charge in [0.15, 0.2) is 0 Å². The Balaban J connectivity index is 1.47. The minimum absolute atomic E-state index is 0.0991. The number of hydrogen-bond donors (Lipinski definition) is 1. The molecule has 1 aliphatic rings. The van der Waals surface area contributed by atoms with E-state index in [1.165, 1.54) is 35.7 Å². The third-order valence-electron chi connectivity index (χ3n) is 5.42. The molecule has 2 atom stereocenters. The summed E-state index contributed by atoms with van der Waals surface area (Å²) in [5, 5.41) is 10.3. The van der Waals surface area contributed by atoms with Gasteiger partial charge in [-0.2, -0.15) is 4.31 Å². The SMILES string of the molecule is COc1ccc(-c2nnc(NC(=O)c3ccc(S(=O)(=O)N4C[C@@H](C)O[C@@H](C)C4)cc3)o2)c(OC)c1. The summed E-state index contributed by atoms with van der Waals surface area (Å²) in [5.74, 6) is 0.683. The molecular formula is C23H26N4O7S. The second-order valence-corrected chi connectivity index (χ2v) is 9.97. The second kappa shape index (κ2) is 10.0. The normalized spacial score (nSPS) is 18.7. The van der Waals surface area contributed by atoms with Crippen molar-refractivity contribution in [3.05, 3.63) is 48.0 Å². The van der Waals surface area contributed by atoms with Gasteiger partial charge in [-0.25, -0.2) is 8.42 Å². The number of carbonyl (C=O) groups is 1. The molecule has 12 heteroatoms. The fourth-order valence-corrected chi connectivity index (χ4v) is 5.37. The van der Waals surface area contributed by atoms with Gasteiger partial charge in [-0.05, 0) is 50.2 Å². The van der Waals surface area contributed by atoms with Crippen LogP contribution in [0.5, 0.6) is 11.5 Å². The van der Waals surface area contributed by atoms with E-state index in [0.29, 0.717) is 17.1 Å². The highest BCUT2D eigenvalue weighted by Crippen LogP contribution is 2.33. The number of rotatable bonds is 7. The summed E-state index contributed by atoms with van der Waals surface area (Å²) >= 11 is 0. The van der Waals surface area contributed by atoms with Crippen molar-refractivity contribution in [1.29, 1.82) is 0 Å². The molecule has 1 aliphatic heterocycles. The maximum absolute atomic E-state index is 13.0. The molecule has 1 amide bonds. The zero-order valence-electron chi connectivity index (χ0n) is 19.7. The van der Waals surface area contributed by atoms with Crippen LogP contribution < -0.4 is 14.8 Å². The lowest BCUT2D eigenvalue weighted by Crippen LogP contribution is -2.48. The molecule has 4 rings (SSSR count). The maximum atomic E-state index is 13.0. The van der Waals surface area contributed by atoms with Crippen LogP contribution in [-0.4, -0.2) is 68.3 Å². The van der Waals surface area contributed by atoms with Gasteiger partial charge in [0.05, 0.1) is 36.9 Å². The molecule has 0 bridgehead atoms. The van der Waals surface area contributed by atoms with Crippen LogP contribution in [0.3, 0.4) is 0 Å². The number of methoxy groups -OCH3 is 2. The fraction of sp³-hybridized carbons (Fsp3) is 0.348.